The maximum Gasteiger partial charge on any atom is 0.157 e. The molecular weight excluding hydrogens is 204 g/mol. The quantitative estimate of drug-likeness (QED) is 0.535. The number of hydrogen-bond acceptors (Lipinski definition) is 3. The summed E-state index contributed by atoms with van der Waals surface area (Å²) >= 11 is 0. The first-order valence-electron chi connectivity index (χ1n) is 6.10. The highest BCUT2D eigenvalue weighted by atomic mass is 16.7. The Hall–Kier alpha value is -0.600. The molecule has 0 bridgehead atoms. The highest BCUT2D eigenvalue weighted by Crippen LogP contribution is 2.14. The molecule has 1 saturated heterocycles. The lowest BCUT2D eigenvalue weighted by Crippen LogP contribution is -2.22. The van der Waals surface area contributed by atoms with E-state index in [1.54, 1.807) is 6.08 Å². The van der Waals surface area contributed by atoms with Gasteiger partial charge in [-0.05, 0) is 44.6 Å². The van der Waals surface area contributed by atoms with Crippen LogP contribution in [0, 0.1) is 0 Å². The van der Waals surface area contributed by atoms with Gasteiger partial charge in [0, 0.05) is 13.2 Å². The summed E-state index contributed by atoms with van der Waals surface area (Å²) in [5.41, 5.74) is 2.58. The molecule has 0 aromatic carbocycles. The highest BCUT2D eigenvalue weighted by Gasteiger charge is 2.13. The molecule has 16 heavy (non-hydrogen) atoms. The Morgan fingerprint density at radius 2 is 2.38 bits per heavy atom. The molecule has 0 amide bonds. The third-order valence-corrected chi connectivity index (χ3v) is 2.65. The van der Waals surface area contributed by atoms with Crippen molar-refractivity contribution in [3.05, 3.63) is 18.4 Å². The van der Waals surface area contributed by atoms with Crippen molar-refractivity contribution in [3.8, 4) is 0 Å². The second-order valence-electron chi connectivity index (χ2n) is 4.10. The molecule has 0 aromatic heterocycles. The monoisotopic (exact) mass is 226 g/mol. The number of hydrogen-bond donors (Lipinski definition) is 1. The van der Waals surface area contributed by atoms with Crippen LogP contribution in [0.5, 0.6) is 0 Å². The molecule has 0 spiro atoms. The molecule has 0 aromatic rings. The maximum absolute atomic E-state index is 9.37. The first kappa shape index (κ1) is 13.5. The van der Waals surface area contributed by atoms with Crippen LogP contribution in [0.2, 0.25) is 0 Å². The van der Waals surface area contributed by atoms with E-state index in [-0.39, 0.29) is 6.29 Å². The van der Waals surface area contributed by atoms with Crippen molar-refractivity contribution in [1.29, 1.82) is 0 Å². The topological polar surface area (TPSA) is 38.7 Å². The van der Waals surface area contributed by atoms with Gasteiger partial charge < -0.3 is 14.6 Å². The normalized spacial score (nSPS) is 22.4. The number of ether oxygens (including phenoxy) is 2. The molecule has 2 atom stereocenters. The highest BCUT2D eigenvalue weighted by molar-refractivity contribution is 4.83. The van der Waals surface area contributed by atoms with Crippen LogP contribution in [0.4, 0.5) is 0 Å². The first-order valence-corrected chi connectivity index (χ1v) is 6.10. The van der Waals surface area contributed by atoms with E-state index in [1.807, 2.05) is 0 Å². The molecule has 2 unspecified atom stereocenters. The largest absolute Gasteiger partial charge is 0.388 e. The first-order chi connectivity index (χ1) is 7.83. The zero-order chi connectivity index (χ0) is 11.6. The summed E-state index contributed by atoms with van der Waals surface area (Å²) in [5, 5.41) is 9.37. The fraction of sp³-hybridized carbons (Fsp3) is 0.769. The van der Waals surface area contributed by atoms with E-state index in [2.05, 4.69) is 12.3 Å². The molecule has 0 aliphatic carbocycles. The minimum atomic E-state index is -0.413. The zero-order valence-electron chi connectivity index (χ0n) is 9.86. The van der Waals surface area contributed by atoms with Crippen molar-refractivity contribution < 1.29 is 14.6 Å². The summed E-state index contributed by atoms with van der Waals surface area (Å²) in [5.74, 6) is 0. The maximum atomic E-state index is 9.37. The summed E-state index contributed by atoms with van der Waals surface area (Å²) in [4.78, 5) is 0. The SMILES string of the molecule is C=C=CC(O)CCCCOC1CCCCO1. The molecule has 3 heteroatoms. The molecular formula is C13H22O3. The van der Waals surface area contributed by atoms with E-state index in [4.69, 9.17) is 9.47 Å². The van der Waals surface area contributed by atoms with Gasteiger partial charge in [0.1, 0.15) is 0 Å². The van der Waals surface area contributed by atoms with Crippen LogP contribution in [0.25, 0.3) is 0 Å². The minimum Gasteiger partial charge on any atom is -0.388 e. The van der Waals surface area contributed by atoms with E-state index in [1.165, 1.54) is 6.42 Å². The van der Waals surface area contributed by atoms with Crippen LogP contribution in [-0.4, -0.2) is 30.7 Å². The zero-order valence-corrected chi connectivity index (χ0v) is 9.86. The Morgan fingerprint density at radius 3 is 3.06 bits per heavy atom. The minimum absolute atomic E-state index is 0.00624. The smallest absolute Gasteiger partial charge is 0.157 e. The van der Waals surface area contributed by atoms with Crippen molar-refractivity contribution >= 4 is 0 Å². The van der Waals surface area contributed by atoms with Crippen LogP contribution in [0.3, 0.4) is 0 Å². The van der Waals surface area contributed by atoms with Gasteiger partial charge in [-0.1, -0.05) is 6.58 Å². The van der Waals surface area contributed by atoms with Crippen LogP contribution >= 0.6 is 0 Å². The van der Waals surface area contributed by atoms with Gasteiger partial charge in [0.05, 0.1) is 6.10 Å². The summed E-state index contributed by atoms with van der Waals surface area (Å²) < 4.78 is 11.0. The van der Waals surface area contributed by atoms with E-state index < -0.39 is 6.10 Å². The lowest BCUT2D eigenvalue weighted by molar-refractivity contribution is -0.162. The molecule has 92 valence electrons. The third-order valence-electron chi connectivity index (χ3n) is 2.65. The van der Waals surface area contributed by atoms with Gasteiger partial charge in [-0.15, -0.1) is 5.73 Å². The van der Waals surface area contributed by atoms with Crippen LogP contribution in [-0.2, 0) is 9.47 Å². The van der Waals surface area contributed by atoms with Gasteiger partial charge in [0.2, 0.25) is 0 Å². The second-order valence-corrected chi connectivity index (χ2v) is 4.10. The standard InChI is InChI=1S/C13H22O3/c1-2-7-12(14)8-3-5-10-15-13-9-4-6-11-16-13/h7,12-14H,1,3-6,8-11H2. The predicted octanol–water partition coefficient (Wildman–Crippen LogP) is 2.40. The van der Waals surface area contributed by atoms with Crippen LogP contribution in [0.1, 0.15) is 38.5 Å². The number of unbranched alkanes of at least 4 members (excludes halogenated alkanes) is 1. The van der Waals surface area contributed by atoms with E-state index >= 15 is 0 Å². The molecule has 1 N–H and O–H groups in total. The van der Waals surface area contributed by atoms with E-state index in [0.717, 1.165) is 45.3 Å². The molecule has 3 nitrogen and oxygen atoms in total. The molecule has 1 aliphatic rings. The van der Waals surface area contributed by atoms with Gasteiger partial charge >= 0.3 is 0 Å². The second kappa shape index (κ2) is 8.54. The average Bonchev–Trinajstić information content (AvgIpc) is 2.30. The number of aliphatic hydroxyl groups is 1. The average molecular weight is 226 g/mol. The Kier molecular flexibility index (Phi) is 7.19. The lowest BCUT2D eigenvalue weighted by Gasteiger charge is -2.22. The lowest BCUT2D eigenvalue weighted by atomic mass is 10.1. The summed E-state index contributed by atoms with van der Waals surface area (Å²) in [7, 11) is 0. The fourth-order valence-corrected chi connectivity index (χ4v) is 1.73. The summed E-state index contributed by atoms with van der Waals surface area (Å²) in [6.45, 7) is 4.97. The molecule has 1 aliphatic heterocycles. The molecule has 1 rings (SSSR count). The fourth-order valence-electron chi connectivity index (χ4n) is 1.73. The van der Waals surface area contributed by atoms with E-state index in [0.29, 0.717) is 0 Å². The van der Waals surface area contributed by atoms with Gasteiger partial charge in [-0.2, -0.15) is 0 Å². The van der Waals surface area contributed by atoms with Gasteiger partial charge in [-0.3, -0.25) is 0 Å². The Labute approximate surface area is 97.8 Å². The summed E-state index contributed by atoms with van der Waals surface area (Å²) in [6.07, 6.45) is 7.21. The number of rotatable bonds is 7. The molecule has 1 fully saturated rings. The third kappa shape index (κ3) is 6.09. The van der Waals surface area contributed by atoms with Crippen LogP contribution in [0.15, 0.2) is 18.4 Å². The number of aliphatic hydroxyl groups excluding tert-OH is 1. The molecule has 0 saturated carbocycles. The van der Waals surface area contributed by atoms with Crippen molar-refractivity contribution in [1.82, 2.24) is 0 Å². The van der Waals surface area contributed by atoms with Crippen molar-refractivity contribution in [3.63, 3.8) is 0 Å². The van der Waals surface area contributed by atoms with Gasteiger partial charge in [0.25, 0.3) is 0 Å². The Morgan fingerprint density at radius 1 is 1.50 bits per heavy atom. The van der Waals surface area contributed by atoms with E-state index in [9.17, 15) is 5.11 Å². The van der Waals surface area contributed by atoms with Crippen molar-refractivity contribution in [2.75, 3.05) is 13.2 Å². The molecule has 0 radical (unpaired) electrons. The van der Waals surface area contributed by atoms with Gasteiger partial charge in [0.15, 0.2) is 6.29 Å². The Bertz CT molecular complexity index is 215. The van der Waals surface area contributed by atoms with Crippen molar-refractivity contribution in [2.24, 2.45) is 0 Å². The molecule has 1 heterocycles. The van der Waals surface area contributed by atoms with Crippen LogP contribution < -0.4 is 0 Å². The predicted molar refractivity (Wildman–Crippen MR) is 63.1 cm³/mol. The summed E-state index contributed by atoms with van der Waals surface area (Å²) in [6, 6.07) is 0. The Balaban J connectivity index is 1.92. The van der Waals surface area contributed by atoms with Crippen molar-refractivity contribution in [2.45, 2.75) is 50.9 Å². The van der Waals surface area contributed by atoms with Gasteiger partial charge in [-0.25, -0.2) is 0 Å².